The van der Waals surface area contributed by atoms with Crippen molar-refractivity contribution in [3.05, 3.63) is 54.2 Å². The molecule has 0 N–H and O–H groups in total. The molecule has 0 saturated carbocycles. The minimum atomic E-state index is 1.08. The van der Waals surface area contributed by atoms with E-state index < -0.39 is 0 Å². The number of hydrogen-bond donors (Lipinski definition) is 0. The molecule has 0 unspecified atom stereocenters. The number of para-hydroxylation sites is 1. The number of aryl methyl sites for hydroxylation is 2. The summed E-state index contributed by atoms with van der Waals surface area (Å²) in [6, 6.07) is 14.9. The van der Waals surface area contributed by atoms with Gasteiger partial charge in [0.05, 0.1) is 11.2 Å². The van der Waals surface area contributed by atoms with Gasteiger partial charge in [0.25, 0.3) is 0 Å². The SMILES string of the molecule is Cc1ccc2nc3c4ccccc4n(C)cc-3c2c1. The fourth-order valence-electron chi connectivity index (χ4n) is 2.85. The topological polar surface area (TPSA) is 17.8 Å². The van der Waals surface area contributed by atoms with Crippen molar-refractivity contribution in [2.24, 2.45) is 7.05 Å². The molecule has 2 heteroatoms. The van der Waals surface area contributed by atoms with E-state index in [-0.39, 0.29) is 0 Å². The van der Waals surface area contributed by atoms with Crippen LogP contribution in [0.1, 0.15) is 5.56 Å². The first-order chi connectivity index (χ1) is 9.24. The van der Waals surface area contributed by atoms with Gasteiger partial charge < -0.3 is 4.57 Å². The number of hydrogen-bond acceptors (Lipinski definition) is 1. The Bertz CT molecular complexity index is 887. The Kier molecular flexibility index (Phi) is 1.99. The number of rotatable bonds is 0. The number of benzene rings is 2. The van der Waals surface area contributed by atoms with Gasteiger partial charge >= 0.3 is 0 Å². The molecule has 0 atom stereocenters. The standard InChI is InChI=1S/C17H14N2/c1-11-7-8-15-13(9-11)14-10-19(2)16-6-4-3-5-12(16)17(14)18-15/h3-10H,1-2H3. The van der Waals surface area contributed by atoms with Crippen LogP contribution in [0.3, 0.4) is 0 Å². The van der Waals surface area contributed by atoms with Crippen LogP contribution in [0.15, 0.2) is 48.7 Å². The second-order valence-corrected chi connectivity index (χ2v) is 5.15. The molecule has 0 fully saturated rings. The summed E-state index contributed by atoms with van der Waals surface area (Å²) in [5, 5.41) is 2.47. The maximum Gasteiger partial charge on any atom is 0.0824 e. The van der Waals surface area contributed by atoms with E-state index in [1.54, 1.807) is 0 Å². The van der Waals surface area contributed by atoms with Crippen LogP contribution in [0.2, 0.25) is 0 Å². The molecule has 0 amide bonds. The molecule has 0 spiro atoms. The molecule has 19 heavy (non-hydrogen) atoms. The average molecular weight is 246 g/mol. The summed E-state index contributed by atoms with van der Waals surface area (Å²) < 4.78 is 2.18. The van der Waals surface area contributed by atoms with Crippen molar-refractivity contribution in [1.29, 1.82) is 0 Å². The molecule has 0 bridgehead atoms. The van der Waals surface area contributed by atoms with Gasteiger partial charge in [-0.25, -0.2) is 4.98 Å². The molecule has 0 radical (unpaired) electrons. The lowest BCUT2D eigenvalue weighted by molar-refractivity contribution is 0.955. The summed E-state index contributed by atoms with van der Waals surface area (Å²) in [6.45, 7) is 2.12. The van der Waals surface area contributed by atoms with E-state index in [4.69, 9.17) is 4.98 Å². The lowest BCUT2D eigenvalue weighted by atomic mass is 10.0. The van der Waals surface area contributed by atoms with Crippen LogP contribution in [0.25, 0.3) is 33.1 Å². The van der Waals surface area contributed by atoms with Gasteiger partial charge in [-0.15, -0.1) is 0 Å². The summed E-state index contributed by atoms with van der Waals surface area (Å²) in [4.78, 5) is 4.81. The highest BCUT2D eigenvalue weighted by atomic mass is 14.9. The van der Waals surface area contributed by atoms with Crippen LogP contribution >= 0.6 is 0 Å². The largest absolute Gasteiger partial charge is 0.350 e. The van der Waals surface area contributed by atoms with E-state index >= 15 is 0 Å². The van der Waals surface area contributed by atoms with Crippen LogP contribution in [-0.4, -0.2) is 9.55 Å². The quantitative estimate of drug-likeness (QED) is 0.456. The van der Waals surface area contributed by atoms with Gasteiger partial charge in [0.1, 0.15) is 0 Å². The molecular weight excluding hydrogens is 232 g/mol. The highest BCUT2D eigenvalue weighted by Crippen LogP contribution is 2.36. The maximum absolute atomic E-state index is 4.81. The van der Waals surface area contributed by atoms with Crippen molar-refractivity contribution in [2.45, 2.75) is 6.92 Å². The molecular formula is C17H14N2. The minimum Gasteiger partial charge on any atom is -0.350 e. The Morgan fingerprint density at radius 2 is 1.84 bits per heavy atom. The molecule has 4 rings (SSSR count). The van der Waals surface area contributed by atoms with Crippen molar-refractivity contribution >= 4 is 21.8 Å². The third-order valence-corrected chi connectivity index (χ3v) is 3.79. The van der Waals surface area contributed by atoms with E-state index in [2.05, 4.69) is 67.2 Å². The molecule has 2 aliphatic rings. The molecule has 92 valence electrons. The van der Waals surface area contributed by atoms with Crippen LogP contribution < -0.4 is 0 Å². The number of fused-ring (bicyclic) bond motifs is 5. The van der Waals surface area contributed by atoms with Gasteiger partial charge in [0.15, 0.2) is 0 Å². The second-order valence-electron chi connectivity index (χ2n) is 5.15. The van der Waals surface area contributed by atoms with Crippen molar-refractivity contribution < 1.29 is 0 Å². The van der Waals surface area contributed by atoms with Gasteiger partial charge in [-0.3, -0.25) is 0 Å². The third-order valence-electron chi connectivity index (χ3n) is 3.79. The van der Waals surface area contributed by atoms with Crippen molar-refractivity contribution in [2.75, 3.05) is 0 Å². The Balaban J connectivity index is 2.27. The zero-order chi connectivity index (χ0) is 13.0. The first-order valence-electron chi connectivity index (χ1n) is 6.48. The van der Waals surface area contributed by atoms with Crippen molar-refractivity contribution in [1.82, 2.24) is 9.55 Å². The predicted molar refractivity (Wildman–Crippen MR) is 79.6 cm³/mol. The molecule has 0 aliphatic carbocycles. The smallest absolute Gasteiger partial charge is 0.0824 e. The van der Waals surface area contributed by atoms with Gasteiger partial charge in [-0.2, -0.15) is 0 Å². The van der Waals surface area contributed by atoms with Gasteiger partial charge in [-0.1, -0.05) is 29.8 Å². The summed E-state index contributed by atoms with van der Waals surface area (Å²) in [5.74, 6) is 0. The zero-order valence-corrected chi connectivity index (χ0v) is 11.0. The molecule has 0 saturated heterocycles. The lowest BCUT2D eigenvalue weighted by Crippen LogP contribution is -1.95. The monoisotopic (exact) mass is 246 g/mol. The number of pyridine rings is 1. The Morgan fingerprint density at radius 1 is 1.00 bits per heavy atom. The highest BCUT2D eigenvalue weighted by molar-refractivity contribution is 6.06. The first kappa shape index (κ1) is 10.6. The highest BCUT2D eigenvalue weighted by Gasteiger charge is 2.16. The molecule has 0 aromatic heterocycles. The summed E-state index contributed by atoms with van der Waals surface area (Å²) >= 11 is 0. The van der Waals surface area contributed by atoms with Crippen LogP contribution in [0, 0.1) is 6.92 Å². The van der Waals surface area contributed by atoms with Gasteiger partial charge in [-0.05, 0) is 25.1 Å². The van der Waals surface area contributed by atoms with Gasteiger partial charge in [0, 0.05) is 35.1 Å². The number of aromatic nitrogens is 2. The fourth-order valence-corrected chi connectivity index (χ4v) is 2.85. The molecule has 2 nitrogen and oxygen atoms in total. The van der Waals surface area contributed by atoms with E-state index in [0.717, 1.165) is 11.2 Å². The van der Waals surface area contributed by atoms with Crippen molar-refractivity contribution in [3.63, 3.8) is 0 Å². The normalized spacial score (nSPS) is 11.7. The summed E-state index contributed by atoms with van der Waals surface area (Å²) in [5.41, 5.74) is 5.92. The number of nitrogens with zero attached hydrogens (tertiary/aromatic N) is 2. The molecule has 2 aromatic carbocycles. The molecule has 2 aliphatic heterocycles. The van der Waals surface area contributed by atoms with E-state index in [1.165, 1.54) is 27.4 Å². The van der Waals surface area contributed by atoms with Crippen LogP contribution in [0.4, 0.5) is 0 Å². The predicted octanol–water partition coefficient (Wildman–Crippen LogP) is 4.14. The van der Waals surface area contributed by atoms with E-state index in [1.807, 2.05) is 0 Å². The van der Waals surface area contributed by atoms with E-state index in [9.17, 15) is 0 Å². The fraction of sp³-hybridized carbons (Fsp3) is 0.118. The Hall–Kier alpha value is -2.35. The van der Waals surface area contributed by atoms with Crippen LogP contribution in [-0.2, 0) is 7.05 Å². The Morgan fingerprint density at radius 3 is 2.74 bits per heavy atom. The maximum atomic E-state index is 4.81. The average Bonchev–Trinajstić information content (AvgIpc) is 2.78. The molecule has 2 heterocycles. The molecule has 2 aromatic rings. The van der Waals surface area contributed by atoms with Crippen LogP contribution in [0.5, 0.6) is 0 Å². The lowest BCUT2D eigenvalue weighted by Gasteiger charge is -2.10. The van der Waals surface area contributed by atoms with E-state index in [0.29, 0.717) is 0 Å². The first-order valence-corrected chi connectivity index (χ1v) is 6.48. The minimum absolute atomic E-state index is 1.08. The zero-order valence-electron chi connectivity index (χ0n) is 11.0. The Labute approximate surface area is 111 Å². The second kappa shape index (κ2) is 3.58. The van der Waals surface area contributed by atoms with Gasteiger partial charge in [0.2, 0.25) is 0 Å². The summed E-state index contributed by atoms with van der Waals surface area (Å²) in [7, 11) is 2.09. The third kappa shape index (κ3) is 1.40. The van der Waals surface area contributed by atoms with Crippen molar-refractivity contribution in [3.8, 4) is 11.3 Å². The summed E-state index contributed by atoms with van der Waals surface area (Å²) in [6.07, 6.45) is 2.19.